The molecule has 0 aliphatic carbocycles. The highest BCUT2D eigenvalue weighted by Crippen LogP contribution is 2.30. The summed E-state index contributed by atoms with van der Waals surface area (Å²) in [6.07, 6.45) is 1.45. The summed E-state index contributed by atoms with van der Waals surface area (Å²) in [7, 11) is 0. The van der Waals surface area contributed by atoms with Gasteiger partial charge in [0.25, 0.3) is 5.88 Å². The van der Waals surface area contributed by atoms with Gasteiger partial charge >= 0.3 is 0 Å². The van der Waals surface area contributed by atoms with E-state index in [9.17, 15) is 4.39 Å². The number of benzene rings is 1. The van der Waals surface area contributed by atoms with Gasteiger partial charge in [0.1, 0.15) is 0 Å². The van der Waals surface area contributed by atoms with Crippen molar-refractivity contribution in [3.63, 3.8) is 0 Å². The van der Waals surface area contributed by atoms with Crippen molar-refractivity contribution in [1.29, 1.82) is 0 Å². The Kier molecular flexibility index (Phi) is 3.63. The Hall–Kier alpha value is -1.14. The quantitative estimate of drug-likeness (QED) is 0.818. The fraction of sp³-hybridized carbons (Fsp3) is 0. The van der Waals surface area contributed by atoms with Gasteiger partial charge in [0.05, 0.1) is 5.69 Å². The normalized spacial score (nSPS) is 10.3. The molecule has 1 aromatic heterocycles. The first kappa shape index (κ1) is 12.3. The van der Waals surface area contributed by atoms with Gasteiger partial charge in [-0.15, -0.1) is 0 Å². The van der Waals surface area contributed by atoms with Crippen LogP contribution in [0.5, 0.6) is 11.6 Å². The topological polar surface area (TPSA) is 48.1 Å². The third-order valence-corrected chi connectivity index (χ3v) is 2.88. The average Bonchev–Trinajstić information content (AvgIpc) is 2.25. The summed E-state index contributed by atoms with van der Waals surface area (Å²) in [5.41, 5.74) is 6.14. The van der Waals surface area contributed by atoms with Crippen LogP contribution in [0.15, 0.2) is 39.4 Å². The smallest absolute Gasteiger partial charge is 0.256 e. The minimum absolute atomic E-state index is 0.109. The van der Waals surface area contributed by atoms with E-state index in [4.69, 9.17) is 10.5 Å². The monoisotopic (exact) mass is 360 g/mol. The predicted molar refractivity (Wildman–Crippen MR) is 70.5 cm³/mol. The lowest BCUT2D eigenvalue weighted by Crippen LogP contribution is -1.95. The second-order valence-electron chi connectivity index (χ2n) is 3.22. The highest BCUT2D eigenvalue weighted by atomic mass is 79.9. The SMILES string of the molecule is Nc1cc(Br)ccc1Oc1ncc(Br)cc1F. The number of halogens is 3. The van der Waals surface area contributed by atoms with Gasteiger partial charge in [0.15, 0.2) is 11.6 Å². The van der Waals surface area contributed by atoms with E-state index in [0.717, 1.165) is 4.47 Å². The summed E-state index contributed by atoms with van der Waals surface area (Å²) >= 11 is 6.39. The number of nitrogens with zero attached hydrogens (tertiary/aromatic N) is 1. The van der Waals surface area contributed by atoms with Gasteiger partial charge in [-0.1, -0.05) is 15.9 Å². The minimum atomic E-state index is -0.554. The van der Waals surface area contributed by atoms with E-state index in [2.05, 4.69) is 36.8 Å². The molecule has 2 rings (SSSR count). The Balaban J connectivity index is 2.31. The van der Waals surface area contributed by atoms with Gasteiger partial charge in [0, 0.05) is 15.1 Å². The maximum atomic E-state index is 13.5. The standard InChI is InChI=1S/C11H7Br2FN2O/c12-6-1-2-10(9(15)4-6)17-11-8(14)3-7(13)5-16-11/h1-5H,15H2. The summed E-state index contributed by atoms with van der Waals surface area (Å²) in [5.74, 6) is -0.300. The molecule has 0 saturated heterocycles. The lowest BCUT2D eigenvalue weighted by Gasteiger charge is -2.08. The molecule has 0 unspecified atom stereocenters. The van der Waals surface area contributed by atoms with E-state index in [0.29, 0.717) is 15.9 Å². The Morgan fingerprint density at radius 3 is 2.59 bits per heavy atom. The first-order chi connectivity index (χ1) is 8.06. The van der Waals surface area contributed by atoms with Crippen molar-refractivity contribution < 1.29 is 9.13 Å². The molecule has 2 N–H and O–H groups in total. The summed E-state index contributed by atoms with van der Waals surface area (Å²) in [6.45, 7) is 0. The molecule has 0 fully saturated rings. The maximum Gasteiger partial charge on any atom is 0.256 e. The van der Waals surface area contributed by atoms with E-state index >= 15 is 0 Å². The number of hydrogen-bond acceptors (Lipinski definition) is 3. The Morgan fingerprint density at radius 2 is 1.94 bits per heavy atom. The molecule has 17 heavy (non-hydrogen) atoms. The molecule has 0 atom stereocenters. The summed E-state index contributed by atoms with van der Waals surface area (Å²) < 4.78 is 20.1. The second-order valence-corrected chi connectivity index (χ2v) is 5.06. The van der Waals surface area contributed by atoms with Crippen molar-refractivity contribution in [3.8, 4) is 11.6 Å². The van der Waals surface area contributed by atoms with Gasteiger partial charge < -0.3 is 10.5 Å². The molecule has 0 bridgehead atoms. The Bertz CT molecular complexity index is 514. The molecule has 6 heteroatoms. The van der Waals surface area contributed by atoms with Crippen molar-refractivity contribution in [1.82, 2.24) is 4.98 Å². The van der Waals surface area contributed by atoms with Gasteiger partial charge in [-0.25, -0.2) is 9.37 Å². The molecule has 88 valence electrons. The molecule has 0 saturated carbocycles. The molecule has 1 aromatic carbocycles. The fourth-order valence-corrected chi connectivity index (χ4v) is 1.88. The lowest BCUT2D eigenvalue weighted by molar-refractivity contribution is 0.424. The minimum Gasteiger partial charge on any atom is -0.434 e. The number of nitrogens with two attached hydrogens (primary N) is 1. The highest BCUT2D eigenvalue weighted by Gasteiger charge is 2.09. The first-order valence-corrected chi connectivity index (χ1v) is 6.19. The zero-order chi connectivity index (χ0) is 12.4. The first-order valence-electron chi connectivity index (χ1n) is 4.60. The van der Waals surface area contributed by atoms with Crippen LogP contribution < -0.4 is 10.5 Å². The van der Waals surface area contributed by atoms with Crippen molar-refractivity contribution in [2.45, 2.75) is 0 Å². The van der Waals surface area contributed by atoms with Gasteiger partial charge in [-0.2, -0.15) is 0 Å². The molecular formula is C11H7Br2FN2O. The van der Waals surface area contributed by atoms with E-state index in [1.54, 1.807) is 18.2 Å². The van der Waals surface area contributed by atoms with Crippen molar-refractivity contribution >= 4 is 37.5 Å². The third kappa shape index (κ3) is 2.95. The molecule has 0 radical (unpaired) electrons. The second kappa shape index (κ2) is 5.01. The molecule has 0 amide bonds. The summed E-state index contributed by atoms with van der Waals surface area (Å²) in [4.78, 5) is 3.83. The van der Waals surface area contributed by atoms with Gasteiger partial charge in [-0.3, -0.25) is 0 Å². The van der Waals surface area contributed by atoms with Crippen LogP contribution in [0.1, 0.15) is 0 Å². The van der Waals surface area contributed by atoms with Crippen LogP contribution in [0, 0.1) is 5.82 Å². The van der Waals surface area contributed by atoms with Crippen molar-refractivity contribution in [2.24, 2.45) is 0 Å². The summed E-state index contributed by atoms with van der Waals surface area (Å²) in [6, 6.07) is 6.34. The summed E-state index contributed by atoms with van der Waals surface area (Å²) in [5, 5.41) is 0. The average molecular weight is 362 g/mol. The molecule has 0 aliphatic rings. The van der Waals surface area contributed by atoms with Crippen LogP contribution in [-0.2, 0) is 0 Å². The fourth-order valence-electron chi connectivity index (χ4n) is 1.19. The van der Waals surface area contributed by atoms with Crippen LogP contribution in [0.2, 0.25) is 0 Å². The van der Waals surface area contributed by atoms with Crippen LogP contribution in [0.25, 0.3) is 0 Å². The molecule has 0 aliphatic heterocycles. The van der Waals surface area contributed by atoms with Crippen LogP contribution in [-0.4, -0.2) is 4.98 Å². The Labute approximate surface area is 114 Å². The number of anilines is 1. The van der Waals surface area contributed by atoms with Crippen molar-refractivity contribution in [3.05, 3.63) is 45.2 Å². The molecule has 1 heterocycles. The van der Waals surface area contributed by atoms with Crippen LogP contribution in [0.4, 0.5) is 10.1 Å². The van der Waals surface area contributed by atoms with E-state index < -0.39 is 5.82 Å². The third-order valence-electron chi connectivity index (χ3n) is 1.95. The maximum absolute atomic E-state index is 13.5. The number of ether oxygens (including phenoxy) is 1. The molecule has 0 spiro atoms. The van der Waals surface area contributed by atoms with Crippen LogP contribution >= 0.6 is 31.9 Å². The number of aromatic nitrogens is 1. The van der Waals surface area contributed by atoms with E-state index in [-0.39, 0.29) is 5.88 Å². The van der Waals surface area contributed by atoms with Gasteiger partial charge in [-0.05, 0) is 40.2 Å². The number of hydrogen-bond donors (Lipinski definition) is 1. The highest BCUT2D eigenvalue weighted by molar-refractivity contribution is 9.10. The van der Waals surface area contributed by atoms with Gasteiger partial charge in [0.2, 0.25) is 0 Å². The molecular weight excluding hydrogens is 355 g/mol. The number of rotatable bonds is 2. The van der Waals surface area contributed by atoms with E-state index in [1.165, 1.54) is 12.3 Å². The number of nitrogen functional groups attached to an aromatic ring is 1. The predicted octanol–water partition coefficient (Wildman–Crippen LogP) is 4.12. The number of pyridine rings is 1. The zero-order valence-electron chi connectivity index (χ0n) is 8.45. The zero-order valence-corrected chi connectivity index (χ0v) is 11.6. The lowest BCUT2D eigenvalue weighted by atomic mass is 10.3. The molecule has 2 aromatic rings. The van der Waals surface area contributed by atoms with Crippen molar-refractivity contribution in [2.75, 3.05) is 5.73 Å². The largest absolute Gasteiger partial charge is 0.434 e. The van der Waals surface area contributed by atoms with Crippen LogP contribution in [0.3, 0.4) is 0 Å². The van der Waals surface area contributed by atoms with E-state index in [1.807, 2.05) is 0 Å². The Morgan fingerprint density at radius 1 is 1.18 bits per heavy atom. The molecule has 3 nitrogen and oxygen atoms in total.